The summed E-state index contributed by atoms with van der Waals surface area (Å²) in [4.78, 5) is 38.0. The molecule has 0 rings (SSSR count). The summed E-state index contributed by atoms with van der Waals surface area (Å²) < 4.78 is 16.7. The molecule has 0 aromatic rings. The lowest BCUT2D eigenvalue weighted by atomic mass is 10.1. The van der Waals surface area contributed by atoms with E-state index in [2.05, 4.69) is 112 Å². The van der Waals surface area contributed by atoms with Gasteiger partial charge in [0, 0.05) is 19.3 Å². The van der Waals surface area contributed by atoms with E-state index in [1.807, 2.05) is 6.08 Å². The fourth-order valence-corrected chi connectivity index (χ4v) is 6.91. The Hall–Kier alpha value is -3.67. The zero-order valence-corrected chi connectivity index (χ0v) is 41.5. The zero-order valence-electron chi connectivity index (χ0n) is 41.5. The number of carbonyl (C=O) groups excluding carboxylic acids is 3. The Morgan fingerprint density at radius 1 is 0.328 bits per heavy atom. The van der Waals surface area contributed by atoms with Gasteiger partial charge >= 0.3 is 17.9 Å². The molecule has 6 heteroatoms. The second-order valence-electron chi connectivity index (χ2n) is 17.2. The monoisotopic (exact) mass is 889 g/mol. The molecule has 0 saturated heterocycles. The van der Waals surface area contributed by atoms with Crippen LogP contribution in [0.25, 0.3) is 0 Å². The summed E-state index contributed by atoms with van der Waals surface area (Å²) >= 11 is 0. The van der Waals surface area contributed by atoms with Gasteiger partial charge in [-0.25, -0.2) is 0 Å². The van der Waals surface area contributed by atoms with Crippen molar-refractivity contribution < 1.29 is 28.6 Å². The fourth-order valence-electron chi connectivity index (χ4n) is 6.91. The number of ether oxygens (including phenoxy) is 3. The molecule has 0 aliphatic carbocycles. The summed E-state index contributed by atoms with van der Waals surface area (Å²) in [5.74, 6) is -1.02. The van der Waals surface area contributed by atoms with Gasteiger partial charge in [0.05, 0.1) is 0 Å². The molecule has 1 atom stereocenters. The van der Waals surface area contributed by atoms with Crippen molar-refractivity contribution in [2.75, 3.05) is 13.2 Å². The Balaban J connectivity index is 4.52. The summed E-state index contributed by atoms with van der Waals surface area (Å²) in [6.07, 6.45) is 68.2. The molecule has 364 valence electrons. The van der Waals surface area contributed by atoms with E-state index in [1.165, 1.54) is 96.3 Å². The van der Waals surface area contributed by atoms with Crippen molar-refractivity contribution in [2.45, 2.75) is 239 Å². The first-order valence-corrected chi connectivity index (χ1v) is 26.3. The molecule has 0 radical (unpaired) electrons. The molecule has 0 saturated carbocycles. The maximum Gasteiger partial charge on any atom is 0.306 e. The normalized spacial score (nSPS) is 12.9. The second kappa shape index (κ2) is 52.0. The van der Waals surface area contributed by atoms with Crippen LogP contribution in [0.4, 0.5) is 0 Å². The molecule has 0 aromatic carbocycles. The van der Waals surface area contributed by atoms with E-state index in [1.54, 1.807) is 0 Å². The minimum atomic E-state index is -0.817. The highest BCUT2D eigenvalue weighted by molar-refractivity contribution is 5.71. The van der Waals surface area contributed by atoms with Crippen LogP contribution in [0.1, 0.15) is 233 Å². The smallest absolute Gasteiger partial charge is 0.306 e. The van der Waals surface area contributed by atoms with Gasteiger partial charge in [0.1, 0.15) is 13.2 Å². The lowest BCUT2D eigenvalue weighted by Gasteiger charge is -2.18. The number of rotatable bonds is 46. The Kier molecular flexibility index (Phi) is 49.0. The van der Waals surface area contributed by atoms with Crippen LogP contribution in [0.3, 0.4) is 0 Å². The standard InChI is InChI=1S/C58H96O6/c1-4-7-10-13-16-19-22-25-27-28-29-31-33-36-39-42-45-48-51-57(60)63-54-55(53-62-56(59)50-47-44-41-38-35-32-24-21-18-15-12-9-6-3)64-58(61)52-49-46-43-40-37-34-30-26-23-20-17-14-11-8-5-2/h16-17,19-20,22-23,25-29,31-32,35,41,44,55H,4-15,18,21,24,30,33-34,36-40,42-43,45-54H2,1-3H3/b19-16+,20-17+,25-22+,26-23+,28-27+,31-29+,35-32+,44-41+. The first kappa shape index (κ1) is 60.3. The van der Waals surface area contributed by atoms with Crippen molar-refractivity contribution in [3.05, 3.63) is 97.2 Å². The van der Waals surface area contributed by atoms with E-state index in [-0.39, 0.29) is 37.5 Å². The summed E-state index contributed by atoms with van der Waals surface area (Å²) in [5, 5.41) is 0. The third-order valence-electron chi connectivity index (χ3n) is 10.9. The third-order valence-corrected chi connectivity index (χ3v) is 10.9. The number of hydrogen-bond acceptors (Lipinski definition) is 6. The molecule has 0 aromatic heterocycles. The minimum Gasteiger partial charge on any atom is -0.462 e. The highest BCUT2D eigenvalue weighted by Crippen LogP contribution is 2.13. The maximum atomic E-state index is 12.8. The molecule has 0 heterocycles. The molecule has 0 N–H and O–H groups in total. The van der Waals surface area contributed by atoms with E-state index in [0.29, 0.717) is 19.3 Å². The van der Waals surface area contributed by atoms with E-state index in [9.17, 15) is 14.4 Å². The van der Waals surface area contributed by atoms with Crippen LogP contribution >= 0.6 is 0 Å². The average Bonchev–Trinajstić information content (AvgIpc) is 3.29. The molecule has 0 bridgehead atoms. The lowest BCUT2D eigenvalue weighted by Crippen LogP contribution is -2.30. The van der Waals surface area contributed by atoms with Gasteiger partial charge < -0.3 is 14.2 Å². The number of esters is 3. The Labute approximate surface area is 394 Å². The summed E-state index contributed by atoms with van der Waals surface area (Å²) in [6, 6.07) is 0. The quantitative estimate of drug-likeness (QED) is 0.0199. The van der Waals surface area contributed by atoms with Gasteiger partial charge in [-0.15, -0.1) is 0 Å². The van der Waals surface area contributed by atoms with Crippen molar-refractivity contribution >= 4 is 17.9 Å². The van der Waals surface area contributed by atoms with Gasteiger partial charge in [-0.05, 0) is 89.9 Å². The van der Waals surface area contributed by atoms with Crippen LogP contribution in [-0.4, -0.2) is 37.2 Å². The fraction of sp³-hybridized carbons (Fsp3) is 0.672. The Morgan fingerprint density at radius 2 is 0.656 bits per heavy atom. The predicted molar refractivity (Wildman–Crippen MR) is 274 cm³/mol. The van der Waals surface area contributed by atoms with E-state index < -0.39 is 6.10 Å². The summed E-state index contributed by atoms with van der Waals surface area (Å²) in [5.41, 5.74) is 0. The van der Waals surface area contributed by atoms with Gasteiger partial charge in [-0.2, -0.15) is 0 Å². The first-order chi connectivity index (χ1) is 31.5. The lowest BCUT2D eigenvalue weighted by molar-refractivity contribution is -0.166. The van der Waals surface area contributed by atoms with Crippen molar-refractivity contribution in [2.24, 2.45) is 0 Å². The second-order valence-corrected chi connectivity index (χ2v) is 17.2. The van der Waals surface area contributed by atoms with Crippen LogP contribution in [0.15, 0.2) is 97.2 Å². The van der Waals surface area contributed by atoms with Crippen molar-refractivity contribution in [3.8, 4) is 0 Å². The van der Waals surface area contributed by atoms with Crippen LogP contribution in [0.5, 0.6) is 0 Å². The number of hydrogen-bond donors (Lipinski definition) is 0. The summed E-state index contributed by atoms with van der Waals surface area (Å²) in [7, 11) is 0. The van der Waals surface area contributed by atoms with Crippen LogP contribution in [0.2, 0.25) is 0 Å². The molecular formula is C58H96O6. The number of unbranched alkanes of at least 4 members (excludes halogenated alkanes) is 23. The third kappa shape index (κ3) is 49.3. The molecule has 0 fully saturated rings. The molecule has 0 amide bonds. The molecule has 6 nitrogen and oxygen atoms in total. The van der Waals surface area contributed by atoms with Crippen molar-refractivity contribution in [1.29, 1.82) is 0 Å². The average molecular weight is 889 g/mol. The van der Waals surface area contributed by atoms with Crippen molar-refractivity contribution in [1.82, 2.24) is 0 Å². The van der Waals surface area contributed by atoms with Gasteiger partial charge in [0.2, 0.25) is 0 Å². The van der Waals surface area contributed by atoms with E-state index in [4.69, 9.17) is 14.2 Å². The van der Waals surface area contributed by atoms with Crippen molar-refractivity contribution in [3.63, 3.8) is 0 Å². The first-order valence-electron chi connectivity index (χ1n) is 26.3. The molecule has 0 aliphatic rings. The minimum absolute atomic E-state index is 0.113. The molecule has 64 heavy (non-hydrogen) atoms. The number of carbonyl (C=O) groups is 3. The highest BCUT2D eigenvalue weighted by Gasteiger charge is 2.19. The molecule has 0 aliphatic heterocycles. The van der Waals surface area contributed by atoms with E-state index in [0.717, 1.165) is 89.9 Å². The predicted octanol–water partition coefficient (Wildman–Crippen LogP) is 17.4. The Morgan fingerprint density at radius 3 is 1.14 bits per heavy atom. The highest BCUT2D eigenvalue weighted by atomic mass is 16.6. The molecule has 1 unspecified atom stereocenters. The maximum absolute atomic E-state index is 12.8. The summed E-state index contributed by atoms with van der Waals surface area (Å²) in [6.45, 7) is 6.47. The number of allylic oxidation sites excluding steroid dienone is 16. The van der Waals surface area contributed by atoms with Gasteiger partial charge in [0.15, 0.2) is 6.10 Å². The topological polar surface area (TPSA) is 78.9 Å². The van der Waals surface area contributed by atoms with Crippen LogP contribution in [-0.2, 0) is 28.6 Å². The zero-order chi connectivity index (χ0) is 46.5. The largest absolute Gasteiger partial charge is 0.462 e. The van der Waals surface area contributed by atoms with Gasteiger partial charge in [-0.3, -0.25) is 14.4 Å². The van der Waals surface area contributed by atoms with E-state index >= 15 is 0 Å². The SMILES string of the molecule is CCCCC/C=C/C=C/C=C/C=C/CCCCCCCC(=O)OCC(COC(=O)CC/C=C/C/C=C/CCCCCCCC)OC(=O)CCCCCCCC/C=C/C=C/CCCCC. The molecular weight excluding hydrogens is 793 g/mol. The molecule has 0 spiro atoms. The van der Waals surface area contributed by atoms with Gasteiger partial charge in [0.25, 0.3) is 0 Å². The van der Waals surface area contributed by atoms with Gasteiger partial charge in [-0.1, -0.05) is 221 Å². The Bertz CT molecular complexity index is 1300. The van der Waals surface area contributed by atoms with Crippen LogP contribution in [0, 0.1) is 0 Å². The van der Waals surface area contributed by atoms with Crippen LogP contribution < -0.4 is 0 Å².